The van der Waals surface area contributed by atoms with Crippen molar-refractivity contribution in [1.82, 2.24) is 30.0 Å². The number of hydrogen-bond acceptors (Lipinski definition) is 7. The Hall–Kier alpha value is -4.47. The van der Waals surface area contributed by atoms with Crippen molar-refractivity contribution >= 4 is 28.4 Å². The van der Waals surface area contributed by atoms with E-state index in [0.717, 1.165) is 23.5 Å². The number of likely N-dealkylation sites (N-methyl/N-ethyl adjacent to an activating group) is 1. The molecule has 4 aromatic rings. The number of aromatic nitrogens is 4. The van der Waals surface area contributed by atoms with Gasteiger partial charge in [-0.3, -0.25) is 14.3 Å². The number of nitrogens with zero attached hydrogens (tertiary/aromatic N) is 5. The lowest BCUT2D eigenvalue weighted by Crippen LogP contribution is -2.27. The van der Waals surface area contributed by atoms with E-state index in [4.69, 9.17) is 4.98 Å². The van der Waals surface area contributed by atoms with Crippen LogP contribution in [-0.4, -0.2) is 62.2 Å². The Labute approximate surface area is 215 Å². The fourth-order valence-electron chi connectivity index (χ4n) is 4.17. The molecule has 10 heteroatoms. The zero-order chi connectivity index (χ0) is 26.7. The molecule has 1 aromatic carbocycles. The SMILES string of the molecule is CCn1ncc(CN(C)C(=O)c2cc(-c3ccc(NCC(=O)NC)c(C)n3)nc3ccc(O)cc23)c1C. The monoisotopic (exact) mass is 501 g/mol. The van der Waals surface area contributed by atoms with Crippen molar-refractivity contribution in [3.63, 3.8) is 0 Å². The van der Waals surface area contributed by atoms with Gasteiger partial charge in [0.2, 0.25) is 5.91 Å². The van der Waals surface area contributed by atoms with Gasteiger partial charge in [-0.1, -0.05) is 0 Å². The number of carbonyl (C=O) groups excluding carboxylic acids is 2. The maximum Gasteiger partial charge on any atom is 0.254 e. The van der Waals surface area contributed by atoms with E-state index in [1.54, 1.807) is 55.5 Å². The van der Waals surface area contributed by atoms with Gasteiger partial charge >= 0.3 is 0 Å². The zero-order valence-corrected chi connectivity index (χ0v) is 21.7. The van der Waals surface area contributed by atoms with E-state index in [0.29, 0.717) is 40.1 Å². The predicted octanol–water partition coefficient (Wildman–Crippen LogP) is 3.27. The number of rotatable bonds is 8. The summed E-state index contributed by atoms with van der Waals surface area (Å²) in [6.07, 6.45) is 1.79. The molecule has 3 heterocycles. The third kappa shape index (κ3) is 5.37. The smallest absolute Gasteiger partial charge is 0.254 e. The third-order valence-corrected chi connectivity index (χ3v) is 6.35. The molecule has 0 bridgehead atoms. The summed E-state index contributed by atoms with van der Waals surface area (Å²) in [7, 11) is 3.33. The third-order valence-electron chi connectivity index (χ3n) is 6.35. The molecular weight excluding hydrogens is 470 g/mol. The predicted molar refractivity (Wildman–Crippen MR) is 142 cm³/mol. The average Bonchev–Trinajstić information content (AvgIpc) is 3.25. The van der Waals surface area contributed by atoms with Crippen LogP contribution in [0.1, 0.15) is 34.2 Å². The second-order valence-electron chi connectivity index (χ2n) is 8.84. The maximum absolute atomic E-state index is 13.7. The van der Waals surface area contributed by atoms with Crippen molar-refractivity contribution in [2.75, 3.05) is 26.0 Å². The van der Waals surface area contributed by atoms with Gasteiger partial charge in [-0.05, 0) is 57.2 Å². The van der Waals surface area contributed by atoms with Crippen LogP contribution in [0.15, 0.2) is 42.6 Å². The molecule has 0 unspecified atom stereocenters. The number of fused-ring (bicyclic) bond motifs is 1. The van der Waals surface area contributed by atoms with Crippen LogP contribution < -0.4 is 10.6 Å². The van der Waals surface area contributed by atoms with Gasteiger partial charge in [-0.25, -0.2) is 9.97 Å². The summed E-state index contributed by atoms with van der Waals surface area (Å²) >= 11 is 0. The molecule has 3 aromatic heterocycles. The highest BCUT2D eigenvalue weighted by molar-refractivity contribution is 6.07. The Balaban J connectivity index is 1.70. The van der Waals surface area contributed by atoms with E-state index in [9.17, 15) is 14.7 Å². The topological polar surface area (TPSA) is 125 Å². The van der Waals surface area contributed by atoms with Crippen LogP contribution in [0, 0.1) is 13.8 Å². The van der Waals surface area contributed by atoms with Gasteiger partial charge in [-0.2, -0.15) is 5.10 Å². The van der Waals surface area contributed by atoms with E-state index in [-0.39, 0.29) is 24.1 Å². The molecule has 0 aliphatic carbocycles. The fraction of sp³-hybridized carbons (Fsp3) is 0.296. The first-order valence-corrected chi connectivity index (χ1v) is 12.0. The molecule has 10 nitrogen and oxygen atoms in total. The molecule has 0 aliphatic heterocycles. The Morgan fingerprint density at radius 1 is 1.08 bits per heavy atom. The summed E-state index contributed by atoms with van der Waals surface area (Å²) in [5.41, 5.74) is 5.53. The van der Waals surface area contributed by atoms with E-state index in [1.165, 1.54) is 0 Å². The first-order valence-electron chi connectivity index (χ1n) is 12.0. The summed E-state index contributed by atoms with van der Waals surface area (Å²) < 4.78 is 1.90. The molecule has 0 spiro atoms. The van der Waals surface area contributed by atoms with Crippen LogP contribution in [-0.2, 0) is 17.9 Å². The fourth-order valence-corrected chi connectivity index (χ4v) is 4.17. The first kappa shape index (κ1) is 25.6. The van der Waals surface area contributed by atoms with Gasteiger partial charge in [0.25, 0.3) is 5.91 Å². The highest BCUT2D eigenvalue weighted by Gasteiger charge is 2.20. The minimum absolute atomic E-state index is 0.0549. The van der Waals surface area contributed by atoms with Crippen molar-refractivity contribution in [1.29, 1.82) is 0 Å². The number of aryl methyl sites for hydroxylation is 2. The molecule has 4 rings (SSSR count). The Morgan fingerprint density at radius 3 is 2.54 bits per heavy atom. The number of pyridine rings is 2. The molecular formula is C27H31N7O3. The van der Waals surface area contributed by atoms with E-state index in [1.807, 2.05) is 31.5 Å². The van der Waals surface area contributed by atoms with Gasteiger partial charge in [0.1, 0.15) is 5.75 Å². The quantitative estimate of drug-likeness (QED) is 0.338. The molecule has 0 saturated heterocycles. The molecule has 2 amide bonds. The number of benzene rings is 1. The number of nitrogens with one attached hydrogen (secondary N) is 2. The number of amides is 2. The van der Waals surface area contributed by atoms with Crippen LogP contribution in [0.3, 0.4) is 0 Å². The van der Waals surface area contributed by atoms with Crippen molar-refractivity contribution in [3.8, 4) is 17.1 Å². The molecule has 37 heavy (non-hydrogen) atoms. The standard InChI is InChI=1S/C27H31N7O3/c1-6-34-17(3)18(13-30-34)15-33(5)27(37)21-12-25(32-23-8-7-19(35)11-20(21)23)24-10-9-22(16(2)31-24)29-14-26(36)28-4/h7-13,29,35H,6,14-15H2,1-5H3,(H,28,36). The van der Waals surface area contributed by atoms with Gasteiger partial charge in [-0.15, -0.1) is 0 Å². The number of phenolic OH excluding ortho intramolecular Hbond substituents is 1. The van der Waals surface area contributed by atoms with Gasteiger partial charge in [0.05, 0.1) is 46.6 Å². The number of hydrogen-bond donors (Lipinski definition) is 3. The van der Waals surface area contributed by atoms with Crippen LogP contribution in [0.25, 0.3) is 22.3 Å². The molecule has 0 aliphatic rings. The highest BCUT2D eigenvalue weighted by Crippen LogP contribution is 2.29. The lowest BCUT2D eigenvalue weighted by atomic mass is 10.0. The number of carbonyl (C=O) groups is 2. The van der Waals surface area contributed by atoms with E-state index < -0.39 is 0 Å². The van der Waals surface area contributed by atoms with E-state index in [2.05, 4.69) is 20.7 Å². The largest absolute Gasteiger partial charge is 0.508 e. The highest BCUT2D eigenvalue weighted by atomic mass is 16.3. The average molecular weight is 502 g/mol. The first-order chi connectivity index (χ1) is 17.7. The molecule has 0 fully saturated rings. The number of phenols is 1. The minimum atomic E-state index is -0.205. The van der Waals surface area contributed by atoms with Crippen LogP contribution in [0.2, 0.25) is 0 Å². The zero-order valence-electron chi connectivity index (χ0n) is 21.7. The summed E-state index contributed by atoms with van der Waals surface area (Å²) in [5, 5.41) is 20.7. The van der Waals surface area contributed by atoms with Gasteiger partial charge < -0.3 is 20.6 Å². The van der Waals surface area contributed by atoms with Gasteiger partial charge in [0, 0.05) is 43.8 Å². The van der Waals surface area contributed by atoms with Crippen molar-refractivity contribution in [3.05, 3.63) is 65.1 Å². The lowest BCUT2D eigenvalue weighted by molar-refractivity contribution is -0.118. The van der Waals surface area contributed by atoms with E-state index >= 15 is 0 Å². The van der Waals surface area contributed by atoms with Crippen LogP contribution in [0.4, 0.5) is 5.69 Å². The maximum atomic E-state index is 13.7. The Kier molecular flexibility index (Phi) is 7.37. The number of anilines is 1. The normalized spacial score (nSPS) is 10.9. The summed E-state index contributed by atoms with van der Waals surface area (Å²) in [5.74, 6) is -0.282. The second-order valence-corrected chi connectivity index (χ2v) is 8.84. The van der Waals surface area contributed by atoms with Crippen molar-refractivity contribution in [2.24, 2.45) is 0 Å². The van der Waals surface area contributed by atoms with Crippen molar-refractivity contribution < 1.29 is 14.7 Å². The lowest BCUT2D eigenvalue weighted by Gasteiger charge is -2.19. The summed E-state index contributed by atoms with van der Waals surface area (Å²) in [6, 6.07) is 10.1. The molecule has 0 radical (unpaired) electrons. The minimum Gasteiger partial charge on any atom is -0.508 e. The van der Waals surface area contributed by atoms with Gasteiger partial charge in [0.15, 0.2) is 0 Å². The second kappa shape index (κ2) is 10.7. The van der Waals surface area contributed by atoms with Crippen LogP contribution in [0.5, 0.6) is 5.75 Å². The molecule has 0 saturated carbocycles. The molecule has 192 valence electrons. The molecule has 0 atom stereocenters. The van der Waals surface area contributed by atoms with Crippen molar-refractivity contribution in [2.45, 2.75) is 33.9 Å². The molecule has 3 N–H and O–H groups in total. The summed E-state index contributed by atoms with van der Waals surface area (Å²) in [4.78, 5) is 36.3. The Bertz CT molecular complexity index is 1480. The summed E-state index contributed by atoms with van der Waals surface area (Å²) in [6.45, 7) is 7.14. The number of aromatic hydroxyl groups is 1. The van der Waals surface area contributed by atoms with Crippen LogP contribution >= 0.6 is 0 Å². The Morgan fingerprint density at radius 2 is 1.86 bits per heavy atom.